The van der Waals surface area contributed by atoms with Crippen molar-refractivity contribution < 1.29 is 18.7 Å². The first-order chi connectivity index (χ1) is 22.3. The van der Waals surface area contributed by atoms with E-state index in [2.05, 4.69) is 34.1 Å². The number of halogens is 2. The minimum Gasteiger partial charge on any atom is -0.463 e. The third-order valence-corrected chi connectivity index (χ3v) is 10.4. The molecule has 3 aromatic rings. The topological polar surface area (TPSA) is 94.8 Å². The first-order valence-electron chi connectivity index (χ1n) is 16.4. The quantitative estimate of drug-likeness (QED) is 0.295. The molecule has 1 saturated carbocycles. The van der Waals surface area contributed by atoms with Gasteiger partial charge < -0.3 is 24.2 Å². The zero-order valence-electron chi connectivity index (χ0n) is 26.3. The zero-order valence-corrected chi connectivity index (χ0v) is 27.0. The van der Waals surface area contributed by atoms with Crippen molar-refractivity contribution in [2.75, 3.05) is 50.8 Å². The third kappa shape index (κ3) is 6.25. The Bertz CT molecular complexity index is 1650. The summed E-state index contributed by atoms with van der Waals surface area (Å²) >= 11 is 6.69. The summed E-state index contributed by atoms with van der Waals surface area (Å²) < 4.78 is 27.0. The lowest BCUT2D eigenvalue weighted by atomic mass is 9.94. The maximum Gasteiger partial charge on any atom is 0.318 e. The highest BCUT2D eigenvalue weighted by Crippen LogP contribution is 2.47. The van der Waals surface area contributed by atoms with Gasteiger partial charge in [-0.05, 0) is 62.7 Å². The van der Waals surface area contributed by atoms with Gasteiger partial charge in [0.05, 0.1) is 43.5 Å². The van der Waals surface area contributed by atoms with Crippen LogP contribution in [0.4, 0.5) is 10.2 Å². The standard InChI is InChI=1S/C35H40ClFN6O3/c1-23(37)33(44)43-17-16-42(19-25(43)10-13-38)32-27-20-45-30(26-8-4-6-24-7-5-9-28(36)31(24)26)18-29(27)39-34(40-32)46-22-35(11-12-35)21-41-14-2-3-15-41/h4-9,23,25,30H,2-3,10-12,14-22H2,1H3/t23?,25-,30+/m0/s1. The first-order valence-corrected chi connectivity index (χ1v) is 16.8. The number of nitrogens with zero attached hydrogens (tertiary/aromatic N) is 6. The molecule has 9 nitrogen and oxygen atoms in total. The maximum absolute atomic E-state index is 14.1. The number of aromatic nitrogens is 2. The summed E-state index contributed by atoms with van der Waals surface area (Å²) in [5, 5.41) is 12.3. The Hall–Kier alpha value is -3.52. The van der Waals surface area contributed by atoms with Crippen molar-refractivity contribution in [3.63, 3.8) is 0 Å². The highest BCUT2D eigenvalue weighted by Gasteiger charge is 2.45. The lowest BCUT2D eigenvalue weighted by Gasteiger charge is -2.42. The molecule has 242 valence electrons. The van der Waals surface area contributed by atoms with Crippen molar-refractivity contribution in [3.8, 4) is 12.1 Å². The van der Waals surface area contributed by atoms with Gasteiger partial charge in [-0.15, -0.1) is 0 Å². The number of likely N-dealkylation sites (tertiary alicyclic amines) is 1. The van der Waals surface area contributed by atoms with E-state index in [1.165, 1.54) is 24.7 Å². The lowest BCUT2D eigenvalue weighted by molar-refractivity contribution is -0.138. The number of carbonyl (C=O) groups excluding carboxylic acids is 1. The SMILES string of the molecule is CC(F)C(=O)N1CCN(c2nc(OCC3(CN4CCCC4)CC3)nc3c2CO[C@@H](c2cccc4cccc(Cl)c24)C3)C[C@@H]1CC#N. The van der Waals surface area contributed by atoms with E-state index < -0.39 is 18.1 Å². The van der Waals surface area contributed by atoms with Gasteiger partial charge in [-0.3, -0.25) is 4.79 Å². The van der Waals surface area contributed by atoms with Crippen LogP contribution in [0, 0.1) is 16.7 Å². The van der Waals surface area contributed by atoms with E-state index in [0.717, 1.165) is 60.1 Å². The van der Waals surface area contributed by atoms with Crippen molar-refractivity contribution in [2.45, 2.75) is 70.4 Å². The predicted octanol–water partition coefficient (Wildman–Crippen LogP) is 5.64. The zero-order chi connectivity index (χ0) is 31.8. The molecule has 1 unspecified atom stereocenters. The Labute approximate surface area is 274 Å². The largest absolute Gasteiger partial charge is 0.463 e. The first kappa shape index (κ1) is 31.1. The fourth-order valence-corrected chi connectivity index (χ4v) is 7.64. The number of alkyl halides is 1. The molecule has 2 saturated heterocycles. The fourth-order valence-electron chi connectivity index (χ4n) is 7.35. The van der Waals surface area contributed by atoms with Crippen LogP contribution in [-0.2, 0) is 22.6 Å². The summed E-state index contributed by atoms with van der Waals surface area (Å²) in [6, 6.07) is 14.1. The van der Waals surface area contributed by atoms with Crippen LogP contribution in [0.1, 0.15) is 62.0 Å². The van der Waals surface area contributed by atoms with Gasteiger partial charge in [0.25, 0.3) is 5.91 Å². The van der Waals surface area contributed by atoms with E-state index in [4.69, 9.17) is 31.0 Å². The Morgan fingerprint density at radius 3 is 2.70 bits per heavy atom. The normalized spacial score (nSPS) is 23.2. The summed E-state index contributed by atoms with van der Waals surface area (Å²) in [6.07, 6.45) is 3.53. The Morgan fingerprint density at radius 2 is 1.96 bits per heavy atom. The second-order valence-electron chi connectivity index (χ2n) is 13.3. The molecule has 7 rings (SSSR count). The molecule has 3 atom stereocenters. The van der Waals surface area contributed by atoms with Crippen molar-refractivity contribution in [1.82, 2.24) is 19.8 Å². The van der Waals surface area contributed by atoms with E-state index in [1.807, 2.05) is 18.2 Å². The van der Waals surface area contributed by atoms with Crippen molar-refractivity contribution in [3.05, 3.63) is 58.2 Å². The van der Waals surface area contributed by atoms with Crippen molar-refractivity contribution in [1.29, 1.82) is 5.26 Å². The molecule has 11 heteroatoms. The Kier molecular flexibility index (Phi) is 8.75. The molecule has 4 aliphatic rings. The number of nitriles is 1. The molecule has 0 radical (unpaired) electrons. The molecule has 1 aromatic heterocycles. The summed E-state index contributed by atoms with van der Waals surface area (Å²) in [7, 11) is 0. The molecule has 4 heterocycles. The second-order valence-corrected chi connectivity index (χ2v) is 13.7. The van der Waals surface area contributed by atoms with Crippen LogP contribution in [0.25, 0.3) is 10.8 Å². The van der Waals surface area contributed by atoms with E-state index in [0.29, 0.717) is 56.1 Å². The second kappa shape index (κ2) is 12.9. The number of piperazine rings is 1. The minimum atomic E-state index is -1.62. The van der Waals surface area contributed by atoms with Crippen LogP contribution in [-0.4, -0.2) is 83.8 Å². The van der Waals surface area contributed by atoms with Gasteiger partial charge in [-0.25, -0.2) is 4.39 Å². The number of hydrogen-bond acceptors (Lipinski definition) is 8. The molecule has 1 amide bonds. The highest BCUT2D eigenvalue weighted by molar-refractivity contribution is 6.35. The van der Waals surface area contributed by atoms with Gasteiger partial charge in [0.15, 0.2) is 6.17 Å². The van der Waals surface area contributed by atoms with Crippen LogP contribution in [0.5, 0.6) is 6.01 Å². The van der Waals surface area contributed by atoms with Crippen molar-refractivity contribution >= 4 is 34.1 Å². The number of fused-ring (bicyclic) bond motifs is 2. The summed E-state index contributed by atoms with van der Waals surface area (Å²) in [5.41, 5.74) is 2.89. The number of amides is 1. The average molecular weight is 647 g/mol. The molecular formula is C35H40ClFN6O3. The molecule has 0 bridgehead atoms. The van der Waals surface area contributed by atoms with Crippen LogP contribution in [0.3, 0.4) is 0 Å². The molecule has 1 aliphatic carbocycles. The fraction of sp³-hybridized carbons (Fsp3) is 0.543. The summed E-state index contributed by atoms with van der Waals surface area (Å²) in [6.45, 7) is 6.55. The highest BCUT2D eigenvalue weighted by atomic mass is 35.5. The van der Waals surface area contributed by atoms with Gasteiger partial charge in [0, 0.05) is 54.0 Å². The lowest BCUT2D eigenvalue weighted by Crippen LogP contribution is -2.57. The molecule has 0 spiro atoms. The van der Waals surface area contributed by atoms with E-state index in [9.17, 15) is 14.4 Å². The Balaban J connectivity index is 1.20. The number of anilines is 1. The van der Waals surface area contributed by atoms with Crippen LogP contribution in [0.2, 0.25) is 5.02 Å². The van der Waals surface area contributed by atoms with E-state index >= 15 is 0 Å². The molecule has 2 aromatic carbocycles. The van der Waals surface area contributed by atoms with Crippen LogP contribution < -0.4 is 9.64 Å². The van der Waals surface area contributed by atoms with Crippen molar-refractivity contribution in [2.24, 2.45) is 5.41 Å². The average Bonchev–Trinajstić information content (AvgIpc) is 3.64. The van der Waals surface area contributed by atoms with E-state index in [1.54, 1.807) is 0 Å². The number of hydrogen-bond donors (Lipinski definition) is 0. The van der Waals surface area contributed by atoms with Gasteiger partial charge in [0.2, 0.25) is 0 Å². The van der Waals surface area contributed by atoms with Crippen LogP contribution in [0.15, 0.2) is 36.4 Å². The molecule has 3 aliphatic heterocycles. The van der Waals surface area contributed by atoms with Gasteiger partial charge >= 0.3 is 6.01 Å². The van der Waals surface area contributed by atoms with E-state index in [-0.39, 0.29) is 17.9 Å². The number of ether oxygens (including phenoxy) is 2. The maximum atomic E-state index is 14.1. The molecular weight excluding hydrogens is 607 g/mol. The predicted molar refractivity (Wildman–Crippen MR) is 174 cm³/mol. The smallest absolute Gasteiger partial charge is 0.318 e. The summed E-state index contributed by atoms with van der Waals surface area (Å²) in [4.78, 5) is 28.7. The third-order valence-electron chi connectivity index (χ3n) is 10.0. The number of rotatable bonds is 9. The summed E-state index contributed by atoms with van der Waals surface area (Å²) in [5.74, 6) is 0.114. The Morgan fingerprint density at radius 1 is 1.17 bits per heavy atom. The van der Waals surface area contributed by atoms with Gasteiger partial charge in [-0.2, -0.15) is 15.2 Å². The van der Waals surface area contributed by atoms with Gasteiger partial charge in [-0.1, -0.05) is 41.9 Å². The molecule has 46 heavy (non-hydrogen) atoms. The monoisotopic (exact) mass is 646 g/mol. The number of carbonyl (C=O) groups is 1. The minimum absolute atomic E-state index is 0.102. The van der Waals surface area contributed by atoms with Crippen LogP contribution >= 0.6 is 11.6 Å². The van der Waals surface area contributed by atoms with Gasteiger partial charge in [0.1, 0.15) is 5.82 Å². The number of benzene rings is 2. The molecule has 3 fully saturated rings. The molecule has 0 N–H and O–H groups in total.